The largest absolute Gasteiger partial charge is 0.481 e. The highest BCUT2D eigenvalue weighted by Gasteiger charge is 2.26. The fraction of sp³-hybridized carbons (Fsp3) is 0.840. The average molecular weight is 495 g/mol. The normalized spacial score (nSPS) is 10.9. The van der Waals surface area contributed by atoms with Gasteiger partial charge in [-0.2, -0.15) is 0 Å². The van der Waals surface area contributed by atoms with Crippen molar-refractivity contribution >= 4 is 11.9 Å². The van der Waals surface area contributed by atoms with E-state index < -0.39 is 43.2 Å². The van der Waals surface area contributed by atoms with E-state index in [9.17, 15) is 9.59 Å². The lowest BCUT2D eigenvalue weighted by Gasteiger charge is -2.23. The predicted octanol–water partition coefficient (Wildman–Crippen LogP) is 2.67. The van der Waals surface area contributed by atoms with Crippen LogP contribution in [-0.4, -0.2) is 82.2 Å². The van der Waals surface area contributed by atoms with Gasteiger partial charge < -0.3 is 35.4 Å². The zero-order valence-electron chi connectivity index (χ0n) is 21.5. The van der Waals surface area contributed by atoms with E-state index in [4.69, 9.17) is 35.4 Å². The van der Waals surface area contributed by atoms with Crippen LogP contribution in [0.2, 0.25) is 0 Å². The highest BCUT2D eigenvalue weighted by molar-refractivity contribution is 5.81. The van der Waals surface area contributed by atoms with E-state index in [1.165, 1.54) is 77.7 Å². The maximum atomic E-state index is 10.7. The van der Waals surface area contributed by atoms with Gasteiger partial charge in [-0.15, -0.1) is 0 Å². The molecule has 0 aliphatic rings. The number of ether oxygens (including phenoxy) is 1. The van der Waals surface area contributed by atoms with Crippen molar-refractivity contribution in [1.82, 2.24) is 0 Å². The summed E-state index contributed by atoms with van der Waals surface area (Å²) in [6.07, 6.45) is 14.2. The first-order valence-electron chi connectivity index (χ1n) is 12.1. The standard InChI is InChI=1S/C15H28O2.C5H12O4.C5H10O3/c1-3-5-6-7-8-9-10-11-12-13-14-17-15(16)4-2;6-1-5(2-7,3-8)4-9;1-5(2,3-6)4(7)8/h4H,2-3,5-14H2,1H3;6-9H,1-4H2;6H,3H2,1-2H3,(H,7,8). The molecule has 9 heteroatoms. The third-order valence-corrected chi connectivity index (χ3v) is 5.22. The number of carboxylic acids is 1. The van der Waals surface area contributed by atoms with E-state index in [0.29, 0.717) is 6.61 Å². The van der Waals surface area contributed by atoms with Crippen LogP contribution in [0.25, 0.3) is 0 Å². The lowest BCUT2D eigenvalue weighted by Crippen LogP contribution is -2.37. The lowest BCUT2D eigenvalue weighted by molar-refractivity contribution is -0.149. The van der Waals surface area contributed by atoms with Crippen LogP contribution in [0.3, 0.4) is 0 Å². The van der Waals surface area contributed by atoms with E-state index in [-0.39, 0.29) is 12.6 Å². The van der Waals surface area contributed by atoms with Crippen LogP contribution in [0.1, 0.15) is 85.0 Å². The zero-order chi connectivity index (χ0) is 26.9. The molecule has 0 aliphatic heterocycles. The van der Waals surface area contributed by atoms with Crippen molar-refractivity contribution in [3.05, 3.63) is 12.7 Å². The summed E-state index contributed by atoms with van der Waals surface area (Å²) in [7, 11) is 0. The van der Waals surface area contributed by atoms with Crippen molar-refractivity contribution < 1.29 is 45.0 Å². The first kappa shape index (κ1) is 37.0. The summed E-state index contributed by atoms with van der Waals surface area (Å²) in [4.78, 5) is 20.8. The smallest absolute Gasteiger partial charge is 0.330 e. The molecule has 0 rings (SSSR count). The van der Waals surface area contributed by atoms with Crippen LogP contribution in [0.5, 0.6) is 0 Å². The Kier molecular flexibility index (Phi) is 26.8. The topological polar surface area (TPSA) is 165 Å². The number of carbonyl (C=O) groups is 2. The van der Waals surface area contributed by atoms with Gasteiger partial charge in [0.2, 0.25) is 0 Å². The van der Waals surface area contributed by atoms with E-state index >= 15 is 0 Å². The maximum Gasteiger partial charge on any atom is 0.330 e. The summed E-state index contributed by atoms with van der Waals surface area (Å²) in [6.45, 7) is 7.14. The van der Waals surface area contributed by atoms with Crippen molar-refractivity contribution in [2.24, 2.45) is 10.8 Å². The average Bonchev–Trinajstić information content (AvgIpc) is 2.84. The molecule has 0 aromatic rings. The minimum atomic E-state index is -1.11. The van der Waals surface area contributed by atoms with Crippen LogP contribution < -0.4 is 0 Å². The van der Waals surface area contributed by atoms with E-state index in [0.717, 1.165) is 6.42 Å². The monoisotopic (exact) mass is 494 g/mol. The van der Waals surface area contributed by atoms with Crippen LogP contribution >= 0.6 is 0 Å². The molecular formula is C25H50O9. The predicted molar refractivity (Wildman–Crippen MR) is 132 cm³/mol. The number of carbonyl (C=O) groups excluding carboxylic acids is 1. The molecule has 0 aromatic carbocycles. The van der Waals surface area contributed by atoms with Crippen LogP contribution in [0.4, 0.5) is 0 Å². The number of hydrogen-bond donors (Lipinski definition) is 6. The molecule has 0 atom stereocenters. The Balaban J connectivity index is -0.000000474. The van der Waals surface area contributed by atoms with Gasteiger partial charge in [0.05, 0.1) is 50.5 Å². The van der Waals surface area contributed by atoms with Gasteiger partial charge in [0.15, 0.2) is 0 Å². The Labute approximate surface area is 205 Å². The molecule has 0 heterocycles. The number of aliphatic carboxylic acids is 1. The third-order valence-electron chi connectivity index (χ3n) is 5.22. The molecule has 204 valence electrons. The fourth-order valence-corrected chi connectivity index (χ4v) is 2.19. The van der Waals surface area contributed by atoms with Crippen LogP contribution in [0, 0.1) is 10.8 Å². The maximum absolute atomic E-state index is 10.7. The quantitative estimate of drug-likeness (QED) is 0.0954. The van der Waals surface area contributed by atoms with Crippen LogP contribution in [-0.2, 0) is 14.3 Å². The summed E-state index contributed by atoms with van der Waals surface area (Å²) in [5, 5.41) is 50.7. The van der Waals surface area contributed by atoms with Gasteiger partial charge in [0, 0.05) is 6.08 Å². The SMILES string of the molecule is C=CC(=O)OCCCCCCCCCCCC.CC(C)(CO)C(=O)O.OCC(CO)(CO)CO. The van der Waals surface area contributed by atoms with Gasteiger partial charge in [-0.25, -0.2) is 4.79 Å². The highest BCUT2D eigenvalue weighted by Crippen LogP contribution is 2.13. The van der Waals surface area contributed by atoms with Gasteiger partial charge in [0.25, 0.3) is 0 Å². The van der Waals surface area contributed by atoms with Crippen molar-refractivity contribution in [2.45, 2.75) is 85.0 Å². The van der Waals surface area contributed by atoms with Crippen molar-refractivity contribution in [3.63, 3.8) is 0 Å². The Morgan fingerprint density at radius 3 is 1.35 bits per heavy atom. The molecule has 9 nitrogen and oxygen atoms in total. The number of rotatable bonds is 18. The zero-order valence-corrected chi connectivity index (χ0v) is 21.5. The first-order chi connectivity index (χ1) is 16.1. The highest BCUT2D eigenvalue weighted by atomic mass is 16.5. The molecule has 0 aliphatic carbocycles. The van der Waals surface area contributed by atoms with Crippen molar-refractivity contribution in [3.8, 4) is 0 Å². The Hall–Kier alpha value is -1.52. The van der Waals surface area contributed by atoms with Crippen molar-refractivity contribution in [1.29, 1.82) is 0 Å². The molecule has 0 fully saturated rings. The molecule has 0 bridgehead atoms. The molecule has 34 heavy (non-hydrogen) atoms. The van der Waals surface area contributed by atoms with E-state index in [2.05, 4.69) is 13.5 Å². The minimum absolute atomic E-state index is 0.305. The summed E-state index contributed by atoms with van der Waals surface area (Å²) >= 11 is 0. The summed E-state index contributed by atoms with van der Waals surface area (Å²) in [5.41, 5.74) is -2.10. The Morgan fingerprint density at radius 2 is 1.12 bits per heavy atom. The molecule has 0 saturated carbocycles. The van der Waals surface area contributed by atoms with Gasteiger partial charge >= 0.3 is 11.9 Å². The number of hydrogen-bond acceptors (Lipinski definition) is 8. The second kappa shape index (κ2) is 24.6. The second-order valence-electron chi connectivity index (χ2n) is 9.03. The van der Waals surface area contributed by atoms with Crippen LogP contribution in [0.15, 0.2) is 12.7 Å². The molecule has 0 spiro atoms. The minimum Gasteiger partial charge on any atom is -0.481 e. The summed E-state index contributed by atoms with van der Waals surface area (Å²) in [6, 6.07) is 0. The molecule has 6 N–H and O–H groups in total. The van der Waals surface area contributed by atoms with Gasteiger partial charge in [-0.05, 0) is 20.3 Å². The van der Waals surface area contributed by atoms with Gasteiger partial charge in [0.1, 0.15) is 0 Å². The fourth-order valence-electron chi connectivity index (χ4n) is 2.19. The van der Waals surface area contributed by atoms with Gasteiger partial charge in [-0.3, -0.25) is 4.79 Å². The lowest BCUT2D eigenvalue weighted by atomic mass is 9.93. The number of carboxylic acid groups (broad SMARTS) is 1. The third kappa shape index (κ3) is 22.3. The number of aliphatic hydroxyl groups excluding tert-OH is 5. The van der Waals surface area contributed by atoms with E-state index in [1.807, 2.05) is 0 Å². The second-order valence-corrected chi connectivity index (χ2v) is 9.03. The molecule has 0 aromatic heterocycles. The molecule has 0 saturated heterocycles. The number of unbranched alkanes of at least 4 members (excludes halogenated alkanes) is 9. The summed E-state index contributed by atoms with van der Waals surface area (Å²) < 4.78 is 4.91. The molecule has 0 unspecified atom stereocenters. The first-order valence-corrected chi connectivity index (χ1v) is 12.1. The van der Waals surface area contributed by atoms with Gasteiger partial charge in [-0.1, -0.05) is 71.3 Å². The summed E-state index contributed by atoms with van der Waals surface area (Å²) in [5.74, 6) is -1.28. The number of esters is 1. The molecule has 0 amide bonds. The Morgan fingerprint density at radius 1 is 0.735 bits per heavy atom. The van der Waals surface area contributed by atoms with E-state index in [1.54, 1.807) is 0 Å². The Bertz CT molecular complexity index is 471. The number of aliphatic hydroxyl groups is 5. The molecule has 0 radical (unpaired) electrons. The molecular weight excluding hydrogens is 444 g/mol. The van der Waals surface area contributed by atoms with Crippen molar-refractivity contribution in [2.75, 3.05) is 39.6 Å².